The minimum atomic E-state index is -0.571. The van der Waals surface area contributed by atoms with E-state index in [0.717, 1.165) is 49.5 Å². The molecule has 3 aliphatic rings. The van der Waals surface area contributed by atoms with Crippen LogP contribution in [-0.2, 0) is 22.7 Å². The van der Waals surface area contributed by atoms with Crippen molar-refractivity contribution in [3.05, 3.63) is 65.4 Å². The highest BCUT2D eigenvalue weighted by atomic mass is 16.2. The predicted octanol–water partition coefficient (Wildman–Crippen LogP) is 1.87. The zero-order chi connectivity index (χ0) is 23.2. The fraction of sp³-hybridized carbons (Fsp3) is 0.400. The van der Waals surface area contributed by atoms with Crippen LogP contribution >= 0.6 is 0 Å². The lowest BCUT2D eigenvalue weighted by Crippen LogP contribution is -2.52. The minimum absolute atomic E-state index is 0.118. The first-order chi connectivity index (χ1) is 16.6. The van der Waals surface area contributed by atoms with E-state index in [9.17, 15) is 14.4 Å². The van der Waals surface area contributed by atoms with Gasteiger partial charge in [-0.1, -0.05) is 12.1 Å². The van der Waals surface area contributed by atoms with Gasteiger partial charge in [0.05, 0.1) is 12.7 Å². The Kier molecular flexibility index (Phi) is 5.13. The first-order valence-corrected chi connectivity index (χ1v) is 11.8. The molecule has 6 rings (SSSR count). The van der Waals surface area contributed by atoms with Crippen LogP contribution in [0, 0.1) is 0 Å². The van der Waals surface area contributed by atoms with Gasteiger partial charge in [0.1, 0.15) is 11.9 Å². The molecule has 1 unspecified atom stereocenters. The molecule has 3 aromatic rings. The van der Waals surface area contributed by atoms with E-state index < -0.39 is 6.04 Å². The Labute approximate surface area is 196 Å². The molecule has 0 radical (unpaired) electrons. The molecule has 1 atom stereocenters. The molecule has 0 saturated carbocycles. The number of imidazole rings is 1. The number of hydrogen-bond acceptors (Lipinski definition) is 6. The van der Waals surface area contributed by atoms with Crippen molar-refractivity contribution in [2.24, 2.45) is 0 Å². The fourth-order valence-corrected chi connectivity index (χ4v) is 5.48. The lowest BCUT2D eigenvalue weighted by Gasteiger charge is -2.32. The van der Waals surface area contributed by atoms with Gasteiger partial charge in [-0.2, -0.15) is 0 Å². The normalized spacial score (nSPS) is 21.8. The van der Waals surface area contributed by atoms with E-state index in [-0.39, 0.29) is 24.1 Å². The maximum Gasteiger partial charge on any atom is 0.255 e. The zero-order valence-corrected chi connectivity index (χ0v) is 18.8. The summed E-state index contributed by atoms with van der Waals surface area (Å²) in [5.41, 5.74) is 3.77. The summed E-state index contributed by atoms with van der Waals surface area (Å²) in [6.45, 7) is 3.19. The highest BCUT2D eigenvalue weighted by molar-refractivity contribution is 6.05. The molecule has 0 spiro atoms. The van der Waals surface area contributed by atoms with Crippen LogP contribution in [0.5, 0.6) is 0 Å². The summed E-state index contributed by atoms with van der Waals surface area (Å²) >= 11 is 0. The number of likely N-dealkylation sites (tertiary alicyclic amines) is 1. The SMILES string of the molecule is O=C1CCC(N2Cc3cc(C4CCN(Cc5ncc6ncccn56)CC4)ccc3C2=O)C(=O)N1. The molecule has 2 fully saturated rings. The third kappa shape index (κ3) is 3.66. The van der Waals surface area contributed by atoms with E-state index in [1.54, 1.807) is 11.1 Å². The molecular formula is C25H26N6O3. The Morgan fingerprint density at radius 3 is 2.74 bits per heavy atom. The lowest BCUT2D eigenvalue weighted by atomic mass is 9.88. The largest absolute Gasteiger partial charge is 0.322 e. The smallest absolute Gasteiger partial charge is 0.255 e. The summed E-state index contributed by atoms with van der Waals surface area (Å²) in [7, 11) is 0. The summed E-state index contributed by atoms with van der Waals surface area (Å²) in [6, 6.07) is 7.48. The molecule has 9 heteroatoms. The van der Waals surface area contributed by atoms with Gasteiger partial charge in [0.25, 0.3) is 5.91 Å². The van der Waals surface area contributed by atoms with Crippen molar-refractivity contribution in [3.63, 3.8) is 0 Å². The second kappa shape index (κ2) is 8.32. The van der Waals surface area contributed by atoms with Gasteiger partial charge in [-0.25, -0.2) is 9.97 Å². The predicted molar refractivity (Wildman–Crippen MR) is 123 cm³/mol. The maximum absolute atomic E-state index is 12.9. The van der Waals surface area contributed by atoms with Crippen LogP contribution in [0.4, 0.5) is 0 Å². The van der Waals surface area contributed by atoms with Crippen molar-refractivity contribution in [2.45, 2.75) is 50.7 Å². The number of aromatic nitrogens is 3. The molecule has 174 valence electrons. The Hall–Kier alpha value is -3.59. The molecule has 1 N–H and O–H groups in total. The van der Waals surface area contributed by atoms with Crippen molar-refractivity contribution in [3.8, 4) is 0 Å². The van der Waals surface area contributed by atoms with Gasteiger partial charge >= 0.3 is 0 Å². The summed E-state index contributed by atoms with van der Waals surface area (Å²) in [5, 5.41) is 2.36. The van der Waals surface area contributed by atoms with E-state index in [1.807, 2.05) is 28.9 Å². The number of carbonyl (C=O) groups is 3. The van der Waals surface area contributed by atoms with E-state index in [2.05, 4.69) is 32.3 Å². The van der Waals surface area contributed by atoms with Gasteiger partial charge in [0.2, 0.25) is 11.8 Å². The summed E-state index contributed by atoms with van der Waals surface area (Å²) in [6.07, 6.45) is 8.34. The highest BCUT2D eigenvalue weighted by Gasteiger charge is 2.39. The van der Waals surface area contributed by atoms with Crippen molar-refractivity contribution in [1.82, 2.24) is 29.5 Å². The minimum Gasteiger partial charge on any atom is -0.322 e. The molecule has 9 nitrogen and oxygen atoms in total. The molecule has 2 saturated heterocycles. The van der Waals surface area contributed by atoms with Crippen molar-refractivity contribution >= 4 is 23.4 Å². The van der Waals surface area contributed by atoms with Crippen LogP contribution < -0.4 is 5.32 Å². The van der Waals surface area contributed by atoms with Gasteiger partial charge < -0.3 is 4.90 Å². The van der Waals surface area contributed by atoms with Gasteiger partial charge in [-0.3, -0.25) is 29.0 Å². The van der Waals surface area contributed by atoms with Gasteiger partial charge in [-0.15, -0.1) is 0 Å². The van der Waals surface area contributed by atoms with Crippen LogP contribution in [-0.4, -0.2) is 61.0 Å². The number of piperidine rings is 2. The third-order valence-electron chi connectivity index (χ3n) is 7.35. The van der Waals surface area contributed by atoms with Gasteiger partial charge in [0.15, 0.2) is 5.65 Å². The Morgan fingerprint density at radius 2 is 1.91 bits per heavy atom. The highest BCUT2D eigenvalue weighted by Crippen LogP contribution is 2.33. The zero-order valence-electron chi connectivity index (χ0n) is 18.8. The lowest BCUT2D eigenvalue weighted by molar-refractivity contribution is -0.136. The number of fused-ring (bicyclic) bond motifs is 2. The molecule has 0 aliphatic carbocycles. The second-order valence-electron chi connectivity index (χ2n) is 9.39. The van der Waals surface area contributed by atoms with E-state index in [4.69, 9.17) is 0 Å². The number of carbonyl (C=O) groups excluding carboxylic acids is 3. The Balaban J connectivity index is 1.11. The Bertz CT molecular complexity index is 1290. The average Bonchev–Trinajstić information content (AvgIpc) is 3.40. The summed E-state index contributed by atoms with van der Waals surface area (Å²) in [5.74, 6) is 0.695. The Morgan fingerprint density at radius 1 is 1.06 bits per heavy atom. The molecule has 3 aliphatic heterocycles. The van der Waals surface area contributed by atoms with Crippen molar-refractivity contribution < 1.29 is 14.4 Å². The molecule has 0 bridgehead atoms. The van der Waals surface area contributed by atoms with Crippen molar-refractivity contribution in [1.29, 1.82) is 0 Å². The van der Waals surface area contributed by atoms with Gasteiger partial charge in [-0.05, 0) is 61.5 Å². The van der Waals surface area contributed by atoms with Crippen LogP contribution in [0.2, 0.25) is 0 Å². The molecule has 1 aromatic carbocycles. The fourth-order valence-electron chi connectivity index (χ4n) is 5.48. The topological polar surface area (TPSA) is 99.9 Å². The molecule has 2 aromatic heterocycles. The molecule has 3 amide bonds. The quantitative estimate of drug-likeness (QED) is 0.599. The van der Waals surface area contributed by atoms with Gasteiger partial charge in [0, 0.05) is 30.9 Å². The number of rotatable bonds is 4. The average molecular weight is 459 g/mol. The monoisotopic (exact) mass is 458 g/mol. The number of imide groups is 1. The molecule has 5 heterocycles. The first-order valence-electron chi connectivity index (χ1n) is 11.8. The number of benzene rings is 1. The number of nitrogens with zero attached hydrogens (tertiary/aromatic N) is 5. The van der Waals surface area contributed by atoms with E-state index >= 15 is 0 Å². The van der Waals surface area contributed by atoms with Crippen LogP contribution in [0.25, 0.3) is 5.65 Å². The summed E-state index contributed by atoms with van der Waals surface area (Å²) in [4.78, 5) is 49.6. The van der Waals surface area contributed by atoms with E-state index in [1.165, 1.54) is 5.56 Å². The standard InChI is InChI=1S/C25H26N6O3/c32-23-5-4-20(24(33)28-23)31-14-18-12-17(2-3-19(18)25(31)34)16-6-10-29(11-7-16)15-22-27-13-21-26-8-1-9-30(21)22/h1-3,8-9,12-13,16,20H,4-7,10-11,14-15H2,(H,28,32,33). The number of amides is 3. The third-order valence-corrected chi connectivity index (χ3v) is 7.35. The maximum atomic E-state index is 12.9. The number of nitrogens with one attached hydrogen (secondary N) is 1. The number of hydrogen-bond donors (Lipinski definition) is 1. The summed E-state index contributed by atoms with van der Waals surface area (Å²) < 4.78 is 2.04. The van der Waals surface area contributed by atoms with Crippen LogP contribution in [0.1, 0.15) is 58.9 Å². The van der Waals surface area contributed by atoms with Crippen molar-refractivity contribution in [2.75, 3.05) is 13.1 Å². The second-order valence-corrected chi connectivity index (χ2v) is 9.39. The molecular weight excluding hydrogens is 432 g/mol. The van der Waals surface area contributed by atoms with E-state index in [0.29, 0.717) is 24.4 Å². The molecule has 34 heavy (non-hydrogen) atoms. The first kappa shape index (κ1) is 21.0. The van der Waals surface area contributed by atoms with Crippen LogP contribution in [0.3, 0.4) is 0 Å². The van der Waals surface area contributed by atoms with Crippen LogP contribution in [0.15, 0.2) is 42.9 Å².